The second-order valence-electron chi connectivity index (χ2n) is 15.1. The maximum atomic E-state index is 4.62. The third-order valence-electron chi connectivity index (χ3n) is 10.6. The van der Waals surface area contributed by atoms with Gasteiger partial charge in [0.25, 0.3) is 0 Å². The lowest BCUT2D eigenvalue weighted by Crippen LogP contribution is -2.10. The van der Waals surface area contributed by atoms with Gasteiger partial charge in [-0.05, 0) is 160 Å². The summed E-state index contributed by atoms with van der Waals surface area (Å²) in [4.78, 5) is 27.9. The molecule has 0 aliphatic heterocycles. The maximum Gasteiger partial charge on any atom is 0.123 e. The van der Waals surface area contributed by atoms with E-state index in [9.17, 15) is 0 Å². The number of aromatic nitrogens is 4. The van der Waals surface area contributed by atoms with Gasteiger partial charge in [0, 0.05) is 101 Å². The van der Waals surface area contributed by atoms with E-state index in [2.05, 4.69) is 203 Å². The minimum Gasteiger partial charge on any atom is -0.311 e. The summed E-state index contributed by atoms with van der Waals surface area (Å²) in [5, 5.41) is 4.12. The van der Waals surface area contributed by atoms with E-state index in [-0.39, 0.29) is 0 Å². The van der Waals surface area contributed by atoms with Crippen molar-refractivity contribution in [3.05, 3.63) is 190 Å². The number of anilines is 6. The Balaban J connectivity index is 0.958. The molecule has 302 valence electrons. The molecule has 6 nitrogen and oxygen atoms in total. The molecule has 0 aliphatic rings. The van der Waals surface area contributed by atoms with Crippen LogP contribution in [0.2, 0.25) is 0 Å². The monoisotopic (exact) mass is 876 g/mol. The third-order valence-corrected chi connectivity index (χ3v) is 14.4. The van der Waals surface area contributed by atoms with Crippen molar-refractivity contribution < 1.29 is 0 Å². The molecule has 6 aromatic carbocycles. The van der Waals surface area contributed by atoms with Gasteiger partial charge in [0.15, 0.2) is 0 Å². The molecule has 0 saturated carbocycles. The van der Waals surface area contributed by atoms with Gasteiger partial charge in [0.2, 0.25) is 0 Å². The van der Waals surface area contributed by atoms with Crippen LogP contribution < -0.4 is 9.80 Å². The predicted molar refractivity (Wildman–Crippen MR) is 265 cm³/mol. The molecule has 0 unspecified atom stereocenters. The summed E-state index contributed by atoms with van der Waals surface area (Å²) in [6, 6.07) is 52.5. The van der Waals surface area contributed by atoms with Crippen LogP contribution in [0.3, 0.4) is 0 Å². The lowest BCUT2D eigenvalue weighted by Gasteiger charge is -2.26. The van der Waals surface area contributed by atoms with Crippen molar-refractivity contribution in [3.8, 4) is 53.4 Å². The summed E-state index contributed by atoms with van der Waals surface area (Å²) in [6.07, 6.45) is 7.74. The third kappa shape index (κ3) is 8.25. The van der Waals surface area contributed by atoms with Crippen molar-refractivity contribution in [2.45, 2.75) is 27.7 Å². The van der Waals surface area contributed by atoms with Crippen LogP contribution in [0.5, 0.6) is 0 Å². The van der Waals surface area contributed by atoms with Crippen molar-refractivity contribution in [2.24, 2.45) is 0 Å². The molecule has 10 aromatic rings. The molecule has 0 radical (unpaired) electrons. The fraction of sp³-hybridized carbons (Fsp3) is 0.0769. The molecular formula is C52H40N6S4. The number of rotatable bonds is 11. The van der Waals surface area contributed by atoms with Crippen molar-refractivity contribution in [1.29, 1.82) is 0 Å². The van der Waals surface area contributed by atoms with Crippen LogP contribution in [0.1, 0.15) is 19.5 Å². The SMILES string of the molecule is Cc1cnc(-c2ccc(N(c3ccc(-c4ccc(N(c5ccc(-c6ncc(C)s6)cc5)c5ccc(-c6ncc(C)s6)cc5)cc4)cc3)c3ccc(-c4ncc(C)s4)cc3)cc2)s1. The quantitative estimate of drug-likeness (QED) is 0.129. The molecule has 0 N–H and O–H groups in total. The molecule has 0 atom stereocenters. The first-order chi connectivity index (χ1) is 30.3. The maximum absolute atomic E-state index is 4.62. The first-order valence-corrected chi connectivity index (χ1v) is 23.5. The number of hydrogen-bond acceptors (Lipinski definition) is 10. The van der Waals surface area contributed by atoms with Gasteiger partial charge >= 0.3 is 0 Å². The fourth-order valence-electron chi connectivity index (χ4n) is 7.47. The molecule has 0 aliphatic carbocycles. The molecule has 4 aromatic heterocycles. The average Bonchev–Trinajstić information content (AvgIpc) is 4.15. The van der Waals surface area contributed by atoms with Crippen LogP contribution >= 0.6 is 45.3 Å². The molecule has 10 rings (SSSR count). The highest BCUT2D eigenvalue weighted by molar-refractivity contribution is 7.15. The van der Waals surface area contributed by atoms with Crippen molar-refractivity contribution in [1.82, 2.24) is 19.9 Å². The summed E-state index contributed by atoms with van der Waals surface area (Å²) in [6.45, 7) is 8.38. The highest BCUT2D eigenvalue weighted by Gasteiger charge is 2.17. The second kappa shape index (κ2) is 17.1. The lowest BCUT2D eigenvalue weighted by atomic mass is 10.0. The minimum atomic E-state index is 1.03. The first-order valence-electron chi connectivity index (χ1n) is 20.2. The van der Waals surface area contributed by atoms with Gasteiger partial charge in [-0.15, -0.1) is 45.3 Å². The highest BCUT2D eigenvalue weighted by Crippen LogP contribution is 2.41. The number of hydrogen-bond donors (Lipinski definition) is 0. The number of benzene rings is 6. The van der Waals surface area contributed by atoms with Gasteiger partial charge in [-0.2, -0.15) is 0 Å². The Hall–Kier alpha value is -6.56. The zero-order valence-electron chi connectivity index (χ0n) is 34.5. The Morgan fingerprint density at radius 1 is 0.258 bits per heavy atom. The van der Waals surface area contributed by atoms with Crippen LogP contribution in [-0.2, 0) is 0 Å². The van der Waals surface area contributed by atoms with Crippen LogP contribution in [-0.4, -0.2) is 19.9 Å². The Bertz CT molecular complexity index is 2710. The summed E-state index contributed by atoms with van der Waals surface area (Å²) in [7, 11) is 0. The Labute approximate surface area is 377 Å². The van der Waals surface area contributed by atoms with Gasteiger partial charge in [0.05, 0.1) is 0 Å². The average molecular weight is 877 g/mol. The topological polar surface area (TPSA) is 58.0 Å². The van der Waals surface area contributed by atoms with Gasteiger partial charge < -0.3 is 9.80 Å². The van der Waals surface area contributed by atoms with Gasteiger partial charge in [0.1, 0.15) is 20.0 Å². The second-order valence-corrected chi connectivity index (χ2v) is 20.0. The molecule has 0 amide bonds. The molecule has 0 spiro atoms. The number of nitrogens with zero attached hydrogens (tertiary/aromatic N) is 6. The Morgan fingerprint density at radius 3 is 0.597 bits per heavy atom. The van der Waals surface area contributed by atoms with E-state index in [1.165, 1.54) is 19.5 Å². The van der Waals surface area contributed by atoms with Crippen LogP contribution in [0, 0.1) is 27.7 Å². The summed E-state index contributed by atoms with van der Waals surface area (Å²) < 4.78 is 0. The lowest BCUT2D eigenvalue weighted by molar-refractivity contribution is 1.28. The summed E-state index contributed by atoms with van der Waals surface area (Å²) >= 11 is 6.85. The normalized spacial score (nSPS) is 11.2. The Kier molecular flexibility index (Phi) is 10.9. The van der Waals surface area contributed by atoms with Gasteiger partial charge in [-0.1, -0.05) is 24.3 Å². The molecule has 62 heavy (non-hydrogen) atoms. The highest BCUT2D eigenvalue weighted by atomic mass is 32.1. The van der Waals surface area contributed by atoms with Crippen LogP contribution in [0.15, 0.2) is 170 Å². The van der Waals surface area contributed by atoms with Crippen molar-refractivity contribution >= 4 is 79.5 Å². The molecular weight excluding hydrogens is 837 g/mol. The molecule has 0 fully saturated rings. The van der Waals surface area contributed by atoms with E-state index in [1.54, 1.807) is 45.3 Å². The predicted octanol–water partition coefficient (Wildman–Crippen LogP) is 16.0. The molecule has 4 heterocycles. The van der Waals surface area contributed by atoms with Crippen LogP contribution in [0.25, 0.3) is 53.4 Å². The molecule has 0 saturated heterocycles. The van der Waals surface area contributed by atoms with Crippen molar-refractivity contribution in [2.75, 3.05) is 9.80 Å². The van der Waals surface area contributed by atoms with E-state index in [0.717, 1.165) is 87.5 Å². The molecule has 0 bridgehead atoms. The summed E-state index contributed by atoms with van der Waals surface area (Å²) in [5.41, 5.74) is 13.2. The zero-order chi connectivity index (χ0) is 42.2. The van der Waals surface area contributed by atoms with E-state index in [0.29, 0.717) is 0 Å². The fourth-order valence-corrected chi connectivity index (χ4v) is 10.5. The smallest absolute Gasteiger partial charge is 0.123 e. The minimum absolute atomic E-state index is 1.03. The van der Waals surface area contributed by atoms with Crippen molar-refractivity contribution in [3.63, 3.8) is 0 Å². The largest absolute Gasteiger partial charge is 0.311 e. The first kappa shape index (κ1) is 39.6. The number of thiazole rings is 4. The number of aryl methyl sites for hydroxylation is 4. The summed E-state index contributed by atoms with van der Waals surface area (Å²) in [5.74, 6) is 0. The Morgan fingerprint density at radius 2 is 0.435 bits per heavy atom. The van der Waals surface area contributed by atoms with Gasteiger partial charge in [-0.3, -0.25) is 0 Å². The zero-order valence-corrected chi connectivity index (χ0v) is 37.7. The van der Waals surface area contributed by atoms with E-state index in [4.69, 9.17) is 0 Å². The van der Waals surface area contributed by atoms with Crippen LogP contribution in [0.4, 0.5) is 34.1 Å². The van der Waals surface area contributed by atoms with E-state index >= 15 is 0 Å². The molecule has 10 heteroatoms. The van der Waals surface area contributed by atoms with E-state index < -0.39 is 0 Å². The van der Waals surface area contributed by atoms with Gasteiger partial charge in [-0.25, -0.2) is 19.9 Å². The standard InChI is InChI=1S/C52H40N6S4/c1-33-29-53-49(59-33)39-9-21-45(22-10-39)57(46-23-11-40(12-24-46)50-54-30-34(2)60-50)43-17-5-37(6-18-43)38-7-19-44(20-8-38)58(47-25-13-41(14-26-47)51-55-31-35(3)61-51)48-27-15-42(16-28-48)52-56-32-36(4)62-52/h5-32H,1-4H3. The van der Waals surface area contributed by atoms with E-state index in [1.807, 2.05) is 24.8 Å².